The van der Waals surface area contributed by atoms with Gasteiger partial charge >= 0.3 is 6.09 Å². The van der Waals surface area contributed by atoms with Gasteiger partial charge in [-0.25, -0.2) is 4.79 Å². The number of carbonyl (C=O) groups is 1. The molecule has 0 aliphatic carbocycles. The van der Waals surface area contributed by atoms with Crippen molar-refractivity contribution >= 4 is 14.4 Å². The number of hydrogen-bond donors (Lipinski definition) is 1. The van der Waals surface area contributed by atoms with Gasteiger partial charge in [0.25, 0.3) is 0 Å². The van der Waals surface area contributed by atoms with Gasteiger partial charge in [-0.3, -0.25) is 0 Å². The van der Waals surface area contributed by atoms with Crippen molar-refractivity contribution in [1.82, 2.24) is 5.32 Å². The van der Waals surface area contributed by atoms with Gasteiger partial charge < -0.3 is 38.2 Å². The molecule has 0 unspecified atom stereocenters. The third-order valence-corrected chi connectivity index (χ3v) is 11.6. The Morgan fingerprint density at radius 3 is 2.39 bits per heavy atom. The lowest BCUT2D eigenvalue weighted by atomic mass is 9.89. The topological polar surface area (TPSA) is 93.7 Å². The zero-order valence-corrected chi connectivity index (χ0v) is 23.9. The van der Waals surface area contributed by atoms with Crippen LogP contribution >= 0.6 is 0 Å². The second-order valence-electron chi connectivity index (χ2n) is 11.6. The Labute approximate surface area is 216 Å². The van der Waals surface area contributed by atoms with E-state index in [-0.39, 0.29) is 31.7 Å². The standard InChI is InChI=1S/C26H43NO8Si/c1-24(2,3)36(7,8)32-17-26(16-31-18-29-6)22(33-23(28)27-26)21-20(34-25(4,5)35-21)15-30-14-19-12-10-9-11-13-19/h9-13,20-22H,14-18H2,1-8H3,(H,27,28)/t20-,21+,22-,26+/m0/s1. The molecule has 1 N–H and O–H groups in total. The van der Waals surface area contributed by atoms with Gasteiger partial charge in [0.05, 0.1) is 26.4 Å². The number of alkyl carbamates (subject to hydrolysis) is 1. The second-order valence-corrected chi connectivity index (χ2v) is 16.4. The Morgan fingerprint density at radius 1 is 1.06 bits per heavy atom. The molecule has 0 bridgehead atoms. The van der Waals surface area contributed by atoms with Crippen molar-refractivity contribution in [2.24, 2.45) is 0 Å². The number of nitrogens with one attached hydrogen (secondary N) is 1. The van der Waals surface area contributed by atoms with Crippen LogP contribution in [0.3, 0.4) is 0 Å². The normalized spacial score (nSPS) is 28.2. The maximum atomic E-state index is 12.7. The number of methoxy groups -OCH3 is 1. The summed E-state index contributed by atoms with van der Waals surface area (Å²) < 4.78 is 41.8. The molecule has 10 heteroatoms. The summed E-state index contributed by atoms with van der Waals surface area (Å²) in [6.45, 7) is 15.7. The smallest absolute Gasteiger partial charge is 0.408 e. The summed E-state index contributed by atoms with van der Waals surface area (Å²) >= 11 is 0. The molecule has 36 heavy (non-hydrogen) atoms. The molecule has 204 valence electrons. The largest absolute Gasteiger partial charge is 0.441 e. The lowest BCUT2D eigenvalue weighted by Gasteiger charge is -2.41. The molecule has 2 saturated heterocycles. The molecule has 2 aliphatic heterocycles. The summed E-state index contributed by atoms with van der Waals surface area (Å²) in [4.78, 5) is 12.7. The van der Waals surface area contributed by atoms with Crippen LogP contribution in [0.1, 0.15) is 40.2 Å². The van der Waals surface area contributed by atoms with Crippen LogP contribution in [0.2, 0.25) is 18.1 Å². The average Bonchev–Trinajstić information content (AvgIpc) is 3.28. The Hall–Kier alpha value is -1.53. The summed E-state index contributed by atoms with van der Waals surface area (Å²) in [5.74, 6) is -0.875. The first-order valence-corrected chi connectivity index (χ1v) is 15.4. The maximum Gasteiger partial charge on any atom is 0.408 e. The van der Waals surface area contributed by atoms with Gasteiger partial charge in [-0.15, -0.1) is 0 Å². The Balaban J connectivity index is 1.82. The van der Waals surface area contributed by atoms with Gasteiger partial charge in [0.2, 0.25) is 0 Å². The van der Waals surface area contributed by atoms with Crippen molar-refractivity contribution in [2.45, 2.75) is 89.0 Å². The molecule has 0 saturated carbocycles. The van der Waals surface area contributed by atoms with Crippen LogP contribution in [-0.4, -0.2) is 77.8 Å². The number of ether oxygens (including phenoxy) is 6. The lowest BCUT2D eigenvalue weighted by Crippen LogP contribution is -2.62. The quantitative estimate of drug-likeness (QED) is 0.246. The molecule has 1 aromatic carbocycles. The molecule has 4 atom stereocenters. The van der Waals surface area contributed by atoms with E-state index in [4.69, 9.17) is 32.8 Å². The van der Waals surface area contributed by atoms with Crippen molar-refractivity contribution in [3.8, 4) is 0 Å². The minimum Gasteiger partial charge on any atom is -0.441 e. The number of hydrogen-bond acceptors (Lipinski definition) is 8. The van der Waals surface area contributed by atoms with Gasteiger partial charge in [0.15, 0.2) is 20.2 Å². The number of amides is 1. The zero-order chi connectivity index (χ0) is 26.6. The van der Waals surface area contributed by atoms with E-state index in [1.807, 2.05) is 44.2 Å². The molecule has 1 amide bonds. The van der Waals surface area contributed by atoms with E-state index in [2.05, 4.69) is 39.2 Å². The lowest BCUT2D eigenvalue weighted by molar-refractivity contribution is -0.162. The van der Waals surface area contributed by atoms with Crippen molar-refractivity contribution < 1.29 is 37.6 Å². The first kappa shape index (κ1) is 29.0. The summed E-state index contributed by atoms with van der Waals surface area (Å²) in [5.41, 5.74) is 0.0725. The fraction of sp³-hybridized carbons (Fsp3) is 0.731. The number of cyclic esters (lactones) is 1. The summed E-state index contributed by atoms with van der Waals surface area (Å²) in [6, 6.07) is 9.92. The van der Waals surface area contributed by atoms with Crippen LogP contribution in [0.5, 0.6) is 0 Å². The average molecular weight is 526 g/mol. The van der Waals surface area contributed by atoms with Crippen LogP contribution in [0.15, 0.2) is 30.3 Å². The van der Waals surface area contributed by atoms with E-state index < -0.39 is 44.0 Å². The van der Waals surface area contributed by atoms with Crippen molar-refractivity contribution in [2.75, 3.05) is 33.7 Å². The number of carbonyl (C=O) groups excluding carboxylic acids is 1. The molecule has 0 spiro atoms. The summed E-state index contributed by atoms with van der Waals surface area (Å²) in [5, 5.41) is 2.98. The second kappa shape index (κ2) is 11.5. The summed E-state index contributed by atoms with van der Waals surface area (Å²) in [6.07, 6.45) is -2.32. The fourth-order valence-electron chi connectivity index (χ4n) is 4.14. The maximum absolute atomic E-state index is 12.7. The highest BCUT2D eigenvalue weighted by atomic mass is 28.4. The van der Waals surface area contributed by atoms with Crippen molar-refractivity contribution in [3.05, 3.63) is 35.9 Å². The minimum atomic E-state index is -2.15. The van der Waals surface area contributed by atoms with Crippen LogP contribution in [0.4, 0.5) is 4.79 Å². The highest BCUT2D eigenvalue weighted by Crippen LogP contribution is 2.40. The Morgan fingerprint density at radius 2 is 1.75 bits per heavy atom. The van der Waals surface area contributed by atoms with Crippen molar-refractivity contribution in [3.63, 3.8) is 0 Å². The van der Waals surface area contributed by atoms with Crippen LogP contribution in [-0.2, 0) is 39.5 Å². The molecule has 2 fully saturated rings. The molecule has 1 aromatic rings. The molecule has 2 heterocycles. The van der Waals surface area contributed by atoms with E-state index in [9.17, 15) is 4.79 Å². The first-order chi connectivity index (χ1) is 16.8. The van der Waals surface area contributed by atoms with Crippen LogP contribution < -0.4 is 5.32 Å². The van der Waals surface area contributed by atoms with E-state index in [0.29, 0.717) is 6.61 Å². The van der Waals surface area contributed by atoms with Gasteiger partial charge in [-0.05, 0) is 37.5 Å². The molecular weight excluding hydrogens is 482 g/mol. The van der Waals surface area contributed by atoms with E-state index in [1.54, 1.807) is 7.11 Å². The summed E-state index contributed by atoms with van der Waals surface area (Å²) in [7, 11) is -0.600. The third kappa shape index (κ3) is 7.06. The predicted molar refractivity (Wildman–Crippen MR) is 137 cm³/mol. The number of benzene rings is 1. The molecular formula is C26H43NO8Si. The van der Waals surface area contributed by atoms with Gasteiger partial charge in [-0.1, -0.05) is 51.1 Å². The Bertz CT molecular complexity index is 859. The SMILES string of the molecule is COCOC[C@]1(CO[Si](C)(C)C(C)(C)C)NC(=O)O[C@H]1[C@@H]1OC(C)(C)O[C@H]1COCc1ccccc1. The van der Waals surface area contributed by atoms with Crippen molar-refractivity contribution in [1.29, 1.82) is 0 Å². The highest BCUT2D eigenvalue weighted by Gasteiger charge is 2.59. The van der Waals surface area contributed by atoms with Gasteiger partial charge in [0, 0.05) is 7.11 Å². The zero-order valence-electron chi connectivity index (χ0n) is 22.9. The van der Waals surface area contributed by atoms with Crippen LogP contribution in [0.25, 0.3) is 0 Å². The first-order valence-electron chi connectivity index (χ1n) is 12.5. The fourth-order valence-corrected chi connectivity index (χ4v) is 5.19. The van der Waals surface area contributed by atoms with Crippen LogP contribution in [0, 0.1) is 0 Å². The van der Waals surface area contributed by atoms with Gasteiger partial charge in [-0.2, -0.15) is 0 Å². The molecule has 0 aromatic heterocycles. The third-order valence-electron chi connectivity index (χ3n) is 7.10. The minimum absolute atomic E-state index is 0.0106. The predicted octanol–water partition coefficient (Wildman–Crippen LogP) is 4.21. The van der Waals surface area contributed by atoms with Gasteiger partial charge in [0.1, 0.15) is 24.5 Å². The van der Waals surface area contributed by atoms with E-state index in [1.165, 1.54) is 0 Å². The van der Waals surface area contributed by atoms with E-state index >= 15 is 0 Å². The molecule has 3 rings (SSSR count). The number of rotatable bonds is 12. The molecule has 0 radical (unpaired) electrons. The monoisotopic (exact) mass is 525 g/mol. The van der Waals surface area contributed by atoms with E-state index in [0.717, 1.165) is 5.56 Å². The molecule has 9 nitrogen and oxygen atoms in total. The Kier molecular flexibility index (Phi) is 9.25. The molecule has 2 aliphatic rings. The highest BCUT2D eigenvalue weighted by molar-refractivity contribution is 6.74.